The molecule has 1 fully saturated rings. The molecule has 0 aliphatic carbocycles. The van der Waals surface area contributed by atoms with E-state index >= 15 is 0 Å². The van der Waals surface area contributed by atoms with Crippen LogP contribution in [0.5, 0.6) is 0 Å². The number of amides is 1. The van der Waals surface area contributed by atoms with Crippen molar-refractivity contribution in [2.24, 2.45) is 11.7 Å². The molecule has 58 valence electrons. The molecular weight excluding hydrogens is 128 g/mol. The average molecular weight is 142 g/mol. The highest BCUT2D eigenvalue weighted by atomic mass is 16.2. The van der Waals surface area contributed by atoms with Gasteiger partial charge < -0.3 is 10.6 Å². The molecule has 3 nitrogen and oxygen atoms in total. The number of hydrogen-bond donors (Lipinski definition) is 1. The molecule has 1 amide bonds. The van der Waals surface area contributed by atoms with Gasteiger partial charge in [-0.15, -0.1) is 0 Å². The van der Waals surface area contributed by atoms with Gasteiger partial charge in [-0.1, -0.05) is 0 Å². The number of carbonyl (C=O) groups is 1. The molecule has 0 aromatic carbocycles. The van der Waals surface area contributed by atoms with E-state index in [1.807, 2.05) is 7.05 Å². The molecular formula is C7H14N2O. The Morgan fingerprint density at radius 1 is 1.80 bits per heavy atom. The Hall–Kier alpha value is -0.570. The van der Waals surface area contributed by atoms with E-state index in [9.17, 15) is 4.79 Å². The second-order valence-electron chi connectivity index (χ2n) is 2.83. The van der Waals surface area contributed by atoms with Gasteiger partial charge in [0.2, 0.25) is 5.91 Å². The zero-order valence-electron chi connectivity index (χ0n) is 6.34. The molecule has 1 aliphatic rings. The molecule has 0 bridgehead atoms. The Labute approximate surface area is 61.2 Å². The summed E-state index contributed by atoms with van der Waals surface area (Å²) in [4.78, 5) is 13.0. The summed E-state index contributed by atoms with van der Waals surface area (Å²) < 4.78 is 0. The molecule has 1 heterocycles. The second-order valence-corrected chi connectivity index (χ2v) is 2.83. The summed E-state index contributed by atoms with van der Waals surface area (Å²) >= 11 is 0. The topological polar surface area (TPSA) is 46.3 Å². The van der Waals surface area contributed by atoms with Gasteiger partial charge in [-0.05, 0) is 12.8 Å². The van der Waals surface area contributed by atoms with Crippen LogP contribution in [0.15, 0.2) is 0 Å². The smallest absolute Gasteiger partial charge is 0.226 e. The van der Waals surface area contributed by atoms with Gasteiger partial charge in [0.05, 0.1) is 5.92 Å². The van der Waals surface area contributed by atoms with E-state index in [1.54, 1.807) is 4.90 Å². The standard InChI is InChI=1S/C7H14N2O/c1-9-4-2-3-6(5-8)7(9)10/h6H,2-5,8H2,1H3/t6-/m0/s1. The van der Waals surface area contributed by atoms with Crippen molar-refractivity contribution in [3.05, 3.63) is 0 Å². The maximum Gasteiger partial charge on any atom is 0.226 e. The van der Waals surface area contributed by atoms with Crippen molar-refractivity contribution in [1.29, 1.82) is 0 Å². The molecule has 1 rings (SSSR count). The largest absolute Gasteiger partial charge is 0.345 e. The second kappa shape index (κ2) is 3.01. The predicted octanol–water partition coefficient (Wildman–Crippen LogP) is -0.186. The quantitative estimate of drug-likeness (QED) is 0.551. The van der Waals surface area contributed by atoms with Crippen LogP contribution >= 0.6 is 0 Å². The third kappa shape index (κ3) is 1.29. The Morgan fingerprint density at radius 2 is 2.50 bits per heavy atom. The monoisotopic (exact) mass is 142 g/mol. The average Bonchev–Trinajstić information content (AvgIpc) is 1.95. The number of likely N-dealkylation sites (tertiary alicyclic amines) is 1. The van der Waals surface area contributed by atoms with Crippen molar-refractivity contribution >= 4 is 5.91 Å². The summed E-state index contributed by atoms with van der Waals surface area (Å²) in [5, 5.41) is 0. The molecule has 0 unspecified atom stereocenters. The van der Waals surface area contributed by atoms with Gasteiger partial charge in [0.1, 0.15) is 0 Å². The number of rotatable bonds is 1. The molecule has 10 heavy (non-hydrogen) atoms. The fourth-order valence-corrected chi connectivity index (χ4v) is 1.34. The highest BCUT2D eigenvalue weighted by Crippen LogP contribution is 2.14. The number of hydrogen-bond acceptors (Lipinski definition) is 2. The number of piperidine rings is 1. The summed E-state index contributed by atoms with van der Waals surface area (Å²) in [5.74, 6) is 0.312. The van der Waals surface area contributed by atoms with Crippen LogP contribution in [0.4, 0.5) is 0 Å². The van der Waals surface area contributed by atoms with Crippen molar-refractivity contribution in [1.82, 2.24) is 4.90 Å². The van der Waals surface area contributed by atoms with E-state index in [0.717, 1.165) is 19.4 Å². The van der Waals surface area contributed by atoms with Gasteiger partial charge in [0.25, 0.3) is 0 Å². The lowest BCUT2D eigenvalue weighted by molar-refractivity contribution is -0.136. The summed E-state index contributed by atoms with van der Waals surface area (Å²) in [6.07, 6.45) is 2.07. The van der Waals surface area contributed by atoms with E-state index in [4.69, 9.17) is 5.73 Å². The third-order valence-corrected chi connectivity index (χ3v) is 2.06. The first-order valence-electron chi connectivity index (χ1n) is 3.70. The zero-order chi connectivity index (χ0) is 7.56. The highest BCUT2D eigenvalue weighted by molar-refractivity contribution is 5.79. The predicted molar refractivity (Wildman–Crippen MR) is 39.4 cm³/mol. The van der Waals surface area contributed by atoms with Crippen LogP contribution in [0, 0.1) is 5.92 Å². The van der Waals surface area contributed by atoms with E-state index in [-0.39, 0.29) is 11.8 Å². The lowest BCUT2D eigenvalue weighted by Crippen LogP contribution is -2.41. The number of carbonyl (C=O) groups excluding carboxylic acids is 1. The Kier molecular flexibility index (Phi) is 2.27. The van der Waals surface area contributed by atoms with Crippen molar-refractivity contribution in [2.75, 3.05) is 20.1 Å². The van der Waals surface area contributed by atoms with E-state index < -0.39 is 0 Å². The van der Waals surface area contributed by atoms with Crippen molar-refractivity contribution in [3.8, 4) is 0 Å². The summed E-state index contributed by atoms with van der Waals surface area (Å²) in [5.41, 5.74) is 5.41. The van der Waals surface area contributed by atoms with Crippen molar-refractivity contribution < 1.29 is 4.79 Å². The molecule has 2 N–H and O–H groups in total. The van der Waals surface area contributed by atoms with Crippen LogP contribution < -0.4 is 5.73 Å². The van der Waals surface area contributed by atoms with Crippen LogP contribution in [-0.2, 0) is 4.79 Å². The first-order valence-corrected chi connectivity index (χ1v) is 3.70. The Balaban J connectivity index is 2.51. The van der Waals surface area contributed by atoms with Gasteiger partial charge in [-0.3, -0.25) is 4.79 Å². The van der Waals surface area contributed by atoms with Crippen LogP contribution in [0.3, 0.4) is 0 Å². The zero-order valence-corrected chi connectivity index (χ0v) is 6.34. The molecule has 0 spiro atoms. The molecule has 0 aromatic heterocycles. The first kappa shape index (κ1) is 7.54. The SMILES string of the molecule is CN1CCC[C@@H](CN)C1=O. The molecule has 1 aliphatic heterocycles. The highest BCUT2D eigenvalue weighted by Gasteiger charge is 2.24. The fourth-order valence-electron chi connectivity index (χ4n) is 1.34. The first-order chi connectivity index (χ1) is 4.75. The minimum atomic E-state index is 0.0961. The van der Waals surface area contributed by atoms with Gasteiger partial charge in [0.15, 0.2) is 0 Å². The van der Waals surface area contributed by atoms with Crippen LogP contribution in [-0.4, -0.2) is 30.9 Å². The van der Waals surface area contributed by atoms with Crippen LogP contribution in [0.1, 0.15) is 12.8 Å². The molecule has 3 heteroatoms. The number of nitrogens with zero attached hydrogens (tertiary/aromatic N) is 1. The minimum absolute atomic E-state index is 0.0961. The van der Waals surface area contributed by atoms with E-state index in [0.29, 0.717) is 6.54 Å². The van der Waals surface area contributed by atoms with Crippen LogP contribution in [0.25, 0.3) is 0 Å². The molecule has 1 saturated heterocycles. The maximum atomic E-state index is 11.2. The van der Waals surface area contributed by atoms with E-state index in [2.05, 4.69) is 0 Å². The number of nitrogens with two attached hydrogens (primary N) is 1. The maximum absolute atomic E-state index is 11.2. The molecule has 0 radical (unpaired) electrons. The van der Waals surface area contributed by atoms with E-state index in [1.165, 1.54) is 0 Å². The third-order valence-electron chi connectivity index (χ3n) is 2.06. The lowest BCUT2D eigenvalue weighted by atomic mass is 9.98. The molecule has 0 aromatic rings. The van der Waals surface area contributed by atoms with Crippen molar-refractivity contribution in [3.63, 3.8) is 0 Å². The van der Waals surface area contributed by atoms with Gasteiger partial charge in [0, 0.05) is 20.1 Å². The van der Waals surface area contributed by atoms with Gasteiger partial charge in [-0.25, -0.2) is 0 Å². The van der Waals surface area contributed by atoms with Gasteiger partial charge in [-0.2, -0.15) is 0 Å². The normalized spacial score (nSPS) is 27.2. The molecule has 1 atom stereocenters. The summed E-state index contributed by atoms with van der Waals surface area (Å²) in [6.45, 7) is 1.40. The summed E-state index contributed by atoms with van der Waals surface area (Å²) in [6, 6.07) is 0. The summed E-state index contributed by atoms with van der Waals surface area (Å²) in [7, 11) is 1.84. The lowest BCUT2D eigenvalue weighted by Gasteiger charge is -2.28. The minimum Gasteiger partial charge on any atom is -0.345 e. The Bertz CT molecular complexity index is 136. The van der Waals surface area contributed by atoms with Gasteiger partial charge >= 0.3 is 0 Å². The van der Waals surface area contributed by atoms with Crippen LogP contribution in [0.2, 0.25) is 0 Å². The fraction of sp³-hybridized carbons (Fsp3) is 0.857. The Morgan fingerprint density at radius 3 is 3.00 bits per heavy atom. The van der Waals surface area contributed by atoms with Crippen molar-refractivity contribution in [2.45, 2.75) is 12.8 Å². The molecule has 0 saturated carbocycles.